The molecular formula is C16H19N7O5. The predicted octanol–water partition coefficient (Wildman–Crippen LogP) is -1.81. The number of amides is 1. The molecule has 12 heteroatoms. The Bertz CT molecular complexity index is 922. The van der Waals surface area contributed by atoms with Crippen LogP contribution < -0.4 is 11.1 Å². The number of nitrogen functional groups attached to an aromatic ring is 1. The van der Waals surface area contributed by atoms with Gasteiger partial charge in [0.2, 0.25) is 0 Å². The normalized spacial score (nSPS) is 23.8. The molecule has 7 N–H and O–H groups in total. The fourth-order valence-electron chi connectivity index (χ4n) is 2.51. The molecular weight excluding hydrogens is 370 g/mol. The Morgan fingerprint density at radius 3 is 2.75 bits per heavy atom. The number of hydrogen-bond donors (Lipinski definition) is 6. The van der Waals surface area contributed by atoms with Gasteiger partial charge in [0.15, 0.2) is 17.7 Å². The number of anilines is 1. The van der Waals surface area contributed by atoms with E-state index in [1.54, 1.807) is 12.1 Å². The first-order valence-electron chi connectivity index (χ1n) is 8.24. The van der Waals surface area contributed by atoms with Crippen LogP contribution in [0.4, 0.5) is 5.82 Å². The van der Waals surface area contributed by atoms with Crippen LogP contribution in [0.3, 0.4) is 0 Å². The first-order valence-corrected chi connectivity index (χ1v) is 8.24. The maximum absolute atomic E-state index is 11.8. The number of fused-ring (bicyclic) bond motifs is 1. The molecule has 1 aliphatic heterocycles. The van der Waals surface area contributed by atoms with Gasteiger partial charge in [-0.2, -0.15) is 0 Å². The van der Waals surface area contributed by atoms with Crippen LogP contribution in [-0.4, -0.2) is 77.3 Å². The summed E-state index contributed by atoms with van der Waals surface area (Å²) in [5, 5.41) is 30.5. The first-order chi connectivity index (χ1) is 13.5. The van der Waals surface area contributed by atoms with Crippen molar-refractivity contribution >= 4 is 22.9 Å². The van der Waals surface area contributed by atoms with Gasteiger partial charge in [-0.1, -0.05) is 0 Å². The Hall–Kier alpha value is -3.19. The van der Waals surface area contributed by atoms with E-state index in [9.17, 15) is 15.0 Å². The fourth-order valence-corrected chi connectivity index (χ4v) is 2.51. The molecule has 0 unspecified atom stereocenters. The third-order valence-electron chi connectivity index (χ3n) is 3.99. The molecule has 0 bridgehead atoms. The van der Waals surface area contributed by atoms with Crippen LogP contribution in [0, 0.1) is 0 Å². The zero-order chi connectivity index (χ0) is 20.1. The van der Waals surface area contributed by atoms with Crippen molar-refractivity contribution in [2.75, 3.05) is 12.3 Å². The summed E-state index contributed by atoms with van der Waals surface area (Å²) in [5.74, 6) is -0.0413. The molecule has 4 rings (SSSR count). The maximum Gasteiger partial charge on any atom is 0.254 e. The number of ether oxygens (including phenoxy) is 1. The molecule has 4 heterocycles. The number of nitrogens with two attached hydrogens (primary N) is 1. The highest BCUT2D eigenvalue weighted by molar-refractivity contribution is 5.93. The highest BCUT2D eigenvalue weighted by Gasteiger charge is 2.43. The SMILES string of the molecule is Nc1ncnc2nc[nH]c12.O=C(N[C@@H]1O[C@H](CO)[C@@H](O)[C@H]1O)c1cccnc1. The first kappa shape index (κ1) is 19.6. The molecule has 1 amide bonds. The van der Waals surface area contributed by atoms with E-state index >= 15 is 0 Å². The number of nitrogens with one attached hydrogen (secondary N) is 2. The lowest BCUT2D eigenvalue weighted by atomic mass is 10.1. The van der Waals surface area contributed by atoms with E-state index < -0.39 is 37.1 Å². The van der Waals surface area contributed by atoms with Crippen molar-refractivity contribution in [2.45, 2.75) is 24.5 Å². The van der Waals surface area contributed by atoms with E-state index in [2.05, 4.69) is 30.2 Å². The number of carbonyl (C=O) groups excluding carboxylic acids is 1. The number of H-pyrrole nitrogens is 1. The minimum atomic E-state index is -1.28. The van der Waals surface area contributed by atoms with E-state index in [1.165, 1.54) is 25.0 Å². The van der Waals surface area contributed by atoms with Gasteiger partial charge in [0.25, 0.3) is 5.91 Å². The number of imidazole rings is 1. The van der Waals surface area contributed by atoms with Gasteiger partial charge in [-0.25, -0.2) is 15.0 Å². The average Bonchev–Trinajstić information content (AvgIpc) is 3.30. The largest absolute Gasteiger partial charge is 0.394 e. The molecule has 0 radical (unpaired) electrons. The lowest BCUT2D eigenvalue weighted by Gasteiger charge is -2.16. The molecule has 3 aromatic heterocycles. The lowest BCUT2D eigenvalue weighted by Crippen LogP contribution is -2.43. The Morgan fingerprint density at radius 2 is 2.11 bits per heavy atom. The highest BCUT2D eigenvalue weighted by atomic mass is 16.6. The number of aliphatic hydroxyl groups is 3. The molecule has 28 heavy (non-hydrogen) atoms. The summed E-state index contributed by atoms with van der Waals surface area (Å²) in [4.78, 5) is 29.9. The van der Waals surface area contributed by atoms with Gasteiger partial charge in [0.1, 0.15) is 30.2 Å². The molecule has 1 fully saturated rings. The Morgan fingerprint density at radius 1 is 1.29 bits per heavy atom. The smallest absolute Gasteiger partial charge is 0.254 e. The van der Waals surface area contributed by atoms with E-state index in [4.69, 9.17) is 15.6 Å². The van der Waals surface area contributed by atoms with Crippen LogP contribution >= 0.6 is 0 Å². The standard InChI is InChI=1S/C11H14N2O5.C5H5N5/c14-5-7-8(15)9(16)11(18-7)13-10(17)6-2-1-3-12-4-6;6-4-3-5(9-1-7-3)10-2-8-4/h1-4,7-9,11,14-16H,5H2,(H,13,17);1-2H,(H3,6,7,8,9,10)/t7-,8-,9-,11-;/m1./s1. The molecule has 1 aliphatic rings. The van der Waals surface area contributed by atoms with E-state index in [0.717, 1.165) is 0 Å². The summed E-state index contributed by atoms with van der Waals surface area (Å²) in [5.41, 5.74) is 7.09. The number of nitrogens with zero attached hydrogens (tertiary/aromatic N) is 4. The third-order valence-corrected chi connectivity index (χ3v) is 3.99. The number of rotatable bonds is 3. The van der Waals surface area contributed by atoms with Crippen LogP contribution in [0.5, 0.6) is 0 Å². The second-order valence-electron chi connectivity index (χ2n) is 5.83. The second kappa shape index (κ2) is 8.67. The van der Waals surface area contributed by atoms with Crippen molar-refractivity contribution in [3.63, 3.8) is 0 Å². The summed E-state index contributed by atoms with van der Waals surface area (Å²) in [6.07, 6.45) is 1.37. The van der Waals surface area contributed by atoms with Crippen LogP contribution in [0.15, 0.2) is 37.2 Å². The predicted molar refractivity (Wildman–Crippen MR) is 95.6 cm³/mol. The zero-order valence-corrected chi connectivity index (χ0v) is 14.5. The van der Waals surface area contributed by atoms with E-state index in [1.807, 2.05) is 0 Å². The molecule has 1 saturated heterocycles. The van der Waals surface area contributed by atoms with Crippen molar-refractivity contribution in [3.05, 3.63) is 42.7 Å². The number of aromatic nitrogens is 5. The number of carbonyl (C=O) groups is 1. The number of pyridine rings is 1. The monoisotopic (exact) mass is 389 g/mol. The number of aliphatic hydroxyl groups excluding tert-OH is 3. The quantitative estimate of drug-likeness (QED) is 0.297. The van der Waals surface area contributed by atoms with Crippen molar-refractivity contribution in [1.82, 2.24) is 30.2 Å². The Kier molecular flexibility index (Phi) is 6.06. The summed E-state index contributed by atoms with van der Waals surface area (Å²) in [6, 6.07) is 3.16. The Labute approximate surface area is 158 Å². The topological polar surface area (TPSA) is 192 Å². The summed E-state index contributed by atoms with van der Waals surface area (Å²) >= 11 is 0. The van der Waals surface area contributed by atoms with Crippen LogP contribution in [-0.2, 0) is 4.74 Å². The van der Waals surface area contributed by atoms with E-state index in [0.29, 0.717) is 22.5 Å². The van der Waals surface area contributed by atoms with Gasteiger partial charge in [0, 0.05) is 12.4 Å². The minimum Gasteiger partial charge on any atom is -0.394 e. The van der Waals surface area contributed by atoms with Crippen molar-refractivity contribution in [3.8, 4) is 0 Å². The van der Waals surface area contributed by atoms with Crippen molar-refractivity contribution in [2.24, 2.45) is 0 Å². The molecule has 148 valence electrons. The van der Waals surface area contributed by atoms with Crippen molar-refractivity contribution in [1.29, 1.82) is 0 Å². The summed E-state index contributed by atoms with van der Waals surface area (Å²) < 4.78 is 5.12. The van der Waals surface area contributed by atoms with Crippen LogP contribution in [0.1, 0.15) is 10.4 Å². The fraction of sp³-hybridized carbons (Fsp3) is 0.312. The van der Waals surface area contributed by atoms with Crippen LogP contribution in [0.2, 0.25) is 0 Å². The van der Waals surface area contributed by atoms with Crippen LogP contribution in [0.25, 0.3) is 11.2 Å². The molecule has 4 atom stereocenters. The molecule has 0 saturated carbocycles. The zero-order valence-electron chi connectivity index (χ0n) is 14.5. The molecule has 0 aromatic carbocycles. The number of aromatic amines is 1. The van der Waals surface area contributed by atoms with Gasteiger partial charge in [-0.15, -0.1) is 0 Å². The van der Waals surface area contributed by atoms with E-state index in [-0.39, 0.29) is 0 Å². The molecule has 12 nitrogen and oxygen atoms in total. The van der Waals surface area contributed by atoms with Gasteiger partial charge in [0.05, 0.1) is 18.5 Å². The Balaban J connectivity index is 0.000000188. The number of hydrogen-bond acceptors (Lipinski definition) is 10. The minimum absolute atomic E-state index is 0.315. The van der Waals surface area contributed by atoms with Gasteiger partial charge >= 0.3 is 0 Å². The molecule has 3 aromatic rings. The summed E-state index contributed by atoms with van der Waals surface area (Å²) in [6.45, 7) is -0.433. The average molecular weight is 389 g/mol. The van der Waals surface area contributed by atoms with Crippen molar-refractivity contribution < 1.29 is 24.9 Å². The molecule has 0 aliphatic carbocycles. The highest BCUT2D eigenvalue weighted by Crippen LogP contribution is 2.19. The van der Waals surface area contributed by atoms with Gasteiger partial charge in [-0.05, 0) is 12.1 Å². The lowest BCUT2D eigenvalue weighted by molar-refractivity contribution is -0.0304. The van der Waals surface area contributed by atoms with Gasteiger partial charge < -0.3 is 36.1 Å². The molecule has 0 spiro atoms. The van der Waals surface area contributed by atoms with Gasteiger partial charge in [-0.3, -0.25) is 9.78 Å². The summed E-state index contributed by atoms with van der Waals surface area (Å²) in [7, 11) is 0. The maximum atomic E-state index is 11.8. The third kappa shape index (κ3) is 4.20. The second-order valence-corrected chi connectivity index (χ2v) is 5.83.